The highest BCUT2D eigenvalue weighted by Gasteiger charge is 2.27. The molecule has 0 atom stereocenters. The summed E-state index contributed by atoms with van der Waals surface area (Å²) in [5.41, 5.74) is 2.22. The largest absolute Gasteiger partial charge is 0.487 e. The van der Waals surface area contributed by atoms with Gasteiger partial charge in [0.15, 0.2) is 23.2 Å². The number of benzene rings is 2. The van der Waals surface area contributed by atoms with Gasteiger partial charge in [0.05, 0.1) is 12.2 Å². The van der Waals surface area contributed by atoms with Crippen LogP contribution in [0.1, 0.15) is 25.3 Å². The highest BCUT2D eigenvalue weighted by atomic mass is 19.1. The lowest BCUT2D eigenvalue weighted by Crippen LogP contribution is -2.36. The molecule has 0 aliphatic carbocycles. The number of ether oxygens (including phenoxy) is 1. The van der Waals surface area contributed by atoms with Crippen LogP contribution in [-0.4, -0.2) is 49.9 Å². The first-order valence-corrected chi connectivity index (χ1v) is 12.0. The number of anilines is 1. The number of rotatable bonds is 7. The molecular formula is C26H27F2N7O. The number of tetrazole rings is 1. The zero-order chi connectivity index (χ0) is 25.1. The van der Waals surface area contributed by atoms with Crippen molar-refractivity contribution in [2.45, 2.75) is 26.2 Å². The lowest BCUT2D eigenvalue weighted by Gasteiger charge is -2.32. The predicted octanol–water partition coefficient (Wildman–Crippen LogP) is 4.47. The lowest BCUT2D eigenvalue weighted by molar-refractivity contribution is 0.207. The van der Waals surface area contributed by atoms with E-state index in [-0.39, 0.29) is 23.9 Å². The molecule has 0 unspecified atom stereocenters. The van der Waals surface area contributed by atoms with E-state index in [9.17, 15) is 0 Å². The number of aromatic nitrogens is 6. The topological polar surface area (TPSA) is 81.9 Å². The van der Waals surface area contributed by atoms with Crippen molar-refractivity contribution in [2.24, 2.45) is 13.0 Å². The van der Waals surface area contributed by atoms with Gasteiger partial charge in [-0.1, -0.05) is 37.3 Å². The number of aryl methyl sites for hydroxylation is 2. The van der Waals surface area contributed by atoms with Crippen molar-refractivity contribution in [3.05, 3.63) is 66.0 Å². The summed E-state index contributed by atoms with van der Waals surface area (Å²) in [7, 11) is 1.61. The van der Waals surface area contributed by atoms with Crippen LogP contribution in [0.4, 0.5) is 14.7 Å². The number of hydrogen-bond acceptors (Lipinski definition) is 7. The summed E-state index contributed by atoms with van der Waals surface area (Å²) in [4.78, 5) is 11.0. The summed E-state index contributed by atoms with van der Waals surface area (Å²) in [6.45, 7) is 3.79. The molecule has 8 nitrogen and oxygen atoms in total. The Morgan fingerprint density at radius 1 is 1.06 bits per heavy atom. The molecule has 0 saturated carbocycles. The zero-order valence-electron chi connectivity index (χ0n) is 20.2. The third-order valence-corrected chi connectivity index (χ3v) is 6.57. The van der Waals surface area contributed by atoms with Crippen LogP contribution in [0.5, 0.6) is 5.75 Å². The lowest BCUT2D eigenvalue weighted by atomic mass is 9.97. The Balaban J connectivity index is 1.34. The summed E-state index contributed by atoms with van der Waals surface area (Å²) >= 11 is 0. The monoisotopic (exact) mass is 491 g/mol. The van der Waals surface area contributed by atoms with Crippen LogP contribution in [-0.2, 0) is 13.5 Å². The van der Waals surface area contributed by atoms with E-state index in [0.29, 0.717) is 17.1 Å². The third-order valence-electron chi connectivity index (χ3n) is 6.57. The first-order chi connectivity index (χ1) is 17.5. The Labute approximate surface area is 208 Å². The van der Waals surface area contributed by atoms with Gasteiger partial charge in [-0.05, 0) is 58.4 Å². The highest BCUT2D eigenvalue weighted by molar-refractivity contribution is 5.82. The molecule has 1 fully saturated rings. The second kappa shape index (κ2) is 10.3. The highest BCUT2D eigenvalue weighted by Crippen LogP contribution is 2.39. The maximum atomic E-state index is 15.8. The van der Waals surface area contributed by atoms with E-state index in [1.54, 1.807) is 19.2 Å². The van der Waals surface area contributed by atoms with Crippen LogP contribution < -0.4 is 9.64 Å². The molecule has 5 rings (SSSR count). The molecule has 0 radical (unpaired) electrons. The number of nitrogens with zero attached hydrogens (tertiary/aromatic N) is 7. The molecule has 2 aromatic carbocycles. The normalized spacial score (nSPS) is 14.3. The van der Waals surface area contributed by atoms with Gasteiger partial charge >= 0.3 is 0 Å². The van der Waals surface area contributed by atoms with E-state index in [1.807, 2.05) is 30.6 Å². The van der Waals surface area contributed by atoms with E-state index in [2.05, 4.69) is 37.3 Å². The molecule has 0 spiro atoms. The second-order valence-corrected chi connectivity index (χ2v) is 8.90. The van der Waals surface area contributed by atoms with Crippen LogP contribution >= 0.6 is 0 Å². The summed E-state index contributed by atoms with van der Waals surface area (Å²) in [5, 5.41) is 11.4. The van der Waals surface area contributed by atoms with Crippen LogP contribution in [0.15, 0.2) is 48.8 Å². The molecular weight excluding hydrogens is 464 g/mol. The Hall–Kier alpha value is -3.95. The van der Waals surface area contributed by atoms with Gasteiger partial charge in [-0.15, -0.1) is 5.10 Å². The smallest absolute Gasteiger partial charge is 0.225 e. The quantitative estimate of drug-likeness (QED) is 0.377. The average Bonchev–Trinajstić information content (AvgIpc) is 3.34. The Morgan fingerprint density at radius 2 is 1.78 bits per heavy atom. The van der Waals surface area contributed by atoms with Crippen molar-refractivity contribution in [3.8, 4) is 28.3 Å². The van der Waals surface area contributed by atoms with Gasteiger partial charge in [0, 0.05) is 32.5 Å². The van der Waals surface area contributed by atoms with E-state index < -0.39 is 17.4 Å². The van der Waals surface area contributed by atoms with Crippen LogP contribution in [0, 0.1) is 17.6 Å². The SMILES string of the molecule is CCc1cnc(N2CCC(COc3c(F)cc(-c4ccccc4)c(-c4nnnn4C)c3F)CC2)nc1. The van der Waals surface area contributed by atoms with Crippen molar-refractivity contribution in [2.75, 3.05) is 24.6 Å². The maximum absolute atomic E-state index is 15.8. The molecule has 2 aromatic heterocycles. The Morgan fingerprint density at radius 3 is 2.42 bits per heavy atom. The van der Waals surface area contributed by atoms with Gasteiger partial charge in [0.25, 0.3) is 0 Å². The molecule has 1 saturated heterocycles. The van der Waals surface area contributed by atoms with Crippen LogP contribution in [0.3, 0.4) is 0 Å². The molecule has 0 amide bonds. The van der Waals surface area contributed by atoms with E-state index in [4.69, 9.17) is 4.74 Å². The molecule has 1 aliphatic rings. The maximum Gasteiger partial charge on any atom is 0.225 e. The summed E-state index contributed by atoms with van der Waals surface area (Å²) in [5.74, 6) is -0.918. The number of halogens is 2. The fourth-order valence-corrected chi connectivity index (χ4v) is 4.43. The van der Waals surface area contributed by atoms with E-state index >= 15 is 8.78 Å². The molecule has 0 N–H and O–H groups in total. The molecule has 4 aromatic rings. The summed E-state index contributed by atoms with van der Waals surface area (Å²) in [6.07, 6.45) is 6.22. The van der Waals surface area contributed by atoms with Gasteiger partial charge in [-0.3, -0.25) is 0 Å². The fourth-order valence-electron chi connectivity index (χ4n) is 4.43. The minimum atomic E-state index is -0.811. The van der Waals surface area contributed by atoms with Crippen molar-refractivity contribution in [3.63, 3.8) is 0 Å². The van der Waals surface area contributed by atoms with Crippen molar-refractivity contribution in [1.29, 1.82) is 0 Å². The van der Waals surface area contributed by atoms with Gasteiger partial charge in [0.1, 0.15) is 0 Å². The molecule has 36 heavy (non-hydrogen) atoms. The van der Waals surface area contributed by atoms with E-state index in [0.717, 1.165) is 37.9 Å². The standard InChI is InChI=1S/C26H27F2N7O/c1-3-17-14-29-26(30-15-17)35-11-9-18(10-12-35)16-36-24-21(27)13-20(19-7-5-4-6-8-19)22(23(24)28)25-31-32-33-34(25)2/h4-8,13-15,18H,3,9-12,16H2,1-2H3. The van der Waals surface area contributed by atoms with Gasteiger partial charge in [0.2, 0.25) is 5.95 Å². The van der Waals surface area contributed by atoms with Crippen LogP contribution in [0.2, 0.25) is 0 Å². The third kappa shape index (κ3) is 4.75. The first kappa shape index (κ1) is 23.8. The van der Waals surface area contributed by atoms with Gasteiger partial charge < -0.3 is 9.64 Å². The minimum absolute atomic E-state index is 0.104. The number of hydrogen-bond donors (Lipinski definition) is 0. The van der Waals surface area contributed by atoms with Crippen molar-refractivity contribution in [1.82, 2.24) is 30.2 Å². The average molecular weight is 492 g/mol. The Bertz CT molecular complexity index is 1320. The zero-order valence-corrected chi connectivity index (χ0v) is 20.2. The number of piperidine rings is 1. The predicted molar refractivity (Wildman–Crippen MR) is 131 cm³/mol. The van der Waals surface area contributed by atoms with Gasteiger partial charge in [-0.2, -0.15) is 0 Å². The molecule has 10 heteroatoms. The van der Waals surface area contributed by atoms with Crippen molar-refractivity contribution >= 4 is 5.95 Å². The van der Waals surface area contributed by atoms with Gasteiger partial charge in [-0.25, -0.2) is 23.4 Å². The second-order valence-electron chi connectivity index (χ2n) is 8.90. The fraction of sp³-hybridized carbons (Fsp3) is 0.346. The summed E-state index contributed by atoms with van der Waals surface area (Å²) < 4.78 is 38.1. The van der Waals surface area contributed by atoms with E-state index in [1.165, 1.54) is 10.7 Å². The molecule has 0 bridgehead atoms. The minimum Gasteiger partial charge on any atom is -0.487 e. The molecule has 186 valence electrons. The molecule has 3 heterocycles. The summed E-state index contributed by atoms with van der Waals surface area (Å²) in [6, 6.07) is 10.3. The van der Waals surface area contributed by atoms with Crippen LogP contribution in [0.25, 0.3) is 22.5 Å². The Kier molecular flexibility index (Phi) is 6.84. The first-order valence-electron chi connectivity index (χ1n) is 12.0. The molecule has 1 aliphatic heterocycles. The van der Waals surface area contributed by atoms with Crippen molar-refractivity contribution < 1.29 is 13.5 Å².